The van der Waals surface area contributed by atoms with E-state index in [4.69, 9.17) is 14.6 Å². The maximum atomic E-state index is 12.1. The first kappa shape index (κ1) is 55.1. The Hall–Kier alpha value is -6.07. The fraction of sp³-hybridized carbons (Fsp3) is 0.596. The zero-order chi connectivity index (χ0) is 48.3. The molecule has 18 nitrogen and oxygen atoms in total. The van der Waals surface area contributed by atoms with Crippen molar-refractivity contribution in [3.8, 4) is 5.75 Å². The number of carboxylic acids is 1. The molecule has 2 fully saturated rings. The van der Waals surface area contributed by atoms with E-state index in [2.05, 4.69) is 66.0 Å². The van der Waals surface area contributed by atoms with E-state index in [1.807, 2.05) is 48.2 Å². The summed E-state index contributed by atoms with van der Waals surface area (Å²) in [6.45, 7) is 16.4. The second kappa shape index (κ2) is 30.1. The number of hydrogen-bond acceptors (Lipinski definition) is 10. The number of rotatable bonds is 13. The van der Waals surface area contributed by atoms with E-state index in [9.17, 15) is 33.6 Å². The summed E-state index contributed by atoms with van der Waals surface area (Å²) >= 11 is 0. The number of carbonyl (C=O) groups excluding carboxylic acids is 6. The Labute approximate surface area is 385 Å². The average Bonchev–Trinajstić information content (AvgIpc) is 3.42. The molecule has 2 unspecified atom stereocenters. The molecule has 0 saturated carbocycles. The Morgan fingerprint density at radius 1 is 0.738 bits per heavy atom. The van der Waals surface area contributed by atoms with Crippen LogP contribution in [0.4, 0.5) is 21.0 Å². The number of hydrogen-bond donors (Lipinski definition) is 5. The molecule has 2 saturated heterocycles. The number of piperazine rings is 1. The molecule has 3 aliphatic heterocycles. The zero-order valence-corrected chi connectivity index (χ0v) is 39.8. The Kier molecular flexibility index (Phi) is 25.5. The summed E-state index contributed by atoms with van der Waals surface area (Å²) in [5, 5.41) is 18.3. The van der Waals surface area contributed by atoms with Crippen molar-refractivity contribution >= 4 is 53.1 Å². The van der Waals surface area contributed by atoms with Gasteiger partial charge >= 0.3 is 18.1 Å². The maximum absolute atomic E-state index is 12.1. The van der Waals surface area contributed by atoms with E-state index in [1.165, 1.54) is 12.7 Å². The highest BCUT2D eigenvalue weighted by Gasteiger charge is 2.30. The van der Waals surface area contributed by atoms with Crippen molar-refractivity contribution in [3.63, 3.8) is 0 Å². The van der Waals surface area contributed by atoms with Crippen LogP contribution in [-0.2, 0) is 28.7 Å². The standard InChI is InChI=1S/C19H33N5O6.C13H18N2O2.C11H13NO2.C4H10/c1-2-3-8-14(18(29)21-13-17(27)28)23-16(26)12-20-15(25)11-22-19(30)24-9-6-4-5-7-10-24;1-11(16)14-7-9-15(10-8-14)12-5-3-4-6-13(12)17-2;1-8-7-12(11(13)14-2)10-6-4-3-5-9(8)10;1-4(2)3/h14H,2-13H2,1H3,(H,20,25)(H,21,29)(H,22,30)(H,23,26)(H,27,28);3-6H,7-10H2,1-2H3;3-6,8H,7H2,1-2H3;4H,1-3H3. The van der Waals surface area contributed by atoms with E-state index < -0.39 is 36.3 Å². The van der Waals surface area contributed by atoms with Crippen LogP contribution in [0.25, 0.3) is 0 Å². The minimum atomic E-state index is -1.18. The van der Waals surface area contributed by atoms with Crippen molar-refractivity contribution in [1.29, 1.82) is 0 Å². The van der Waals surface area contributed by atoms with E-state index in [-0.39, 0.29) is 31.1 Å². The number of anilines is 2. The maximum Gasteiger partial charge on any atom is 0.414 e. The normalized spacial score (nSPS) is 15.7. The van der Waals surface area contributed by atoms with Crippen LogP contribution in [0.1, 0.15) is 98.0 Å². The third-order valence-electron chi connectivity index (χ3n) is 10.4. The molecule has 2 aromatic rings. The number of nitrogens with one attached hydrogen (secondary N) is 4. The molecule has 3 heterocycles. The fourth-order valence-electron chi connectivity index (χ4n) is 7.05. The van der Waals surface area contributed by atoms with Gasteiger partial charge in [0.2, 0.25) is 23.6 Å². The molecule has 0 bridgehead atoms. The van der Waals surface area contributed by atoms with E-state index in [0.717, 1.165) is 81.3 Å². The van der Waals surface area contributed by atoms with Crippen LogP contribution in [-0.4, -0.2) is 142 Å². The number of para-hydroxylation sites is 3. The first-order valence-corrected chi connectivity index (χ1v) is 22.7. The van der Waals surface area contributed by atoms with Gasteiger partial charge in [-0.25, -0.2) is 9.59 Å². The molecule has 0 spiro atoms. The molecule has 0 aliphatic carbocycles. The Morgan fingerprint density at radius 2 is 1.32 bits per heavy atom. The lowest BCUT2D eigenvalue weighted by molar-refractivity contribution is -0.138. The van der Waals surface area contributed by atoms with Crippen molar-refractivity contribution in [2.75, 3.05) is 89.5 Å². The molecule has 3 aliphatic rings. The Balaban J connectivity index is 0.000000347. The van der Waals surface area contributed by atoms with Crippen molar-refractivity contribution in [2.45, 2.75) is 98.4 Å². The van der Waals surface area contributed by atoms with Gasteiger partial charge in [0.15, 0.2) is 0 Å². The van der Waals surface area contributed by atoms with Crippen molar-refractivity contribution in [1.82, 2.24) is 31.1 Å². The van der Waals surface area contributed by atoms with Gasteiger partial charge in [-0.2, -0.15) is 0 Å². The Morgan fingerprint density at radius 3 is 1.89 bits per heavy atom. The summed E-state index contributed by atoms with van der Waals surface area (Å²) < 4.78 is 10.1. The van der Waals surface area contributed by atoms with Crippen molar-refractivity contribution in [3.05, 3.63) is 54.1 Å². The number of benzene rings is 2. The summed E-state index contributed by atoms with van der Waals surface area (Å²) in [5.74, 6) is -0.588. The van der Waals surface area contributed by atoms with Gasteiger partial charge in [0.25, 0.3) is 0 Å². The number of nitrogens with zero attached hydrogens (tertiary/aromatic N) is 4. The van der Waals surface area contributed by atoms with Gasteiger partial charge in [-0.1, -0.05) is 90.6 Å². The van der Waals surface area contributed by atoms with Gasteiger partial charge in [0.05, 0.1) is 38.7 Å². The molecule has 18 heteroatoms. The van der Waals surface area contributed by atoms with Crippen LogP contribution in [0.3, 0.4) is 0 Å². The molecular weight excluding hydrogens is 837 g/mol. The lowest BCUT2D eigenvalue weighted by Gasteiger charge is -2.36. The largest absolute Gasteiger partial charge is 0.495 e. The lowest BCUT2D eigenvalue weighted by Crippen LogP contribution is -2.51. The predicted octanol–water partition coefficient (Wildman–Crippen LogP) is 4.97. The monoisotopic (exact) mass is 911 g/mol. The molecule has 0 radical (unpaired) electrons. The van der Waals surface area contributed by atoms with Crippen LogP contribution < -0.4 is 35.8 Å². The third kappa shape index (κ3) is 20.5. The highest BCUT2D eigenvalue weighted by molar-refractivity contribution is 5.92. The smallest absolute Gasteiger partial charge is 0.414 e. The first-order valence-electron chi connectivity index (χ1n) is 22.7. The molecule has 2 aromatic carbocycles. The molecule has 5 rings (SSSR count). The second-order valence-corrected chi connectivity index (χ2v) is 16.6. The molecule has 362 valence electrons. The van der Waals surface area contributed by atoms with Gasteiger partial charge in [-0.05, 0) is 48.9 Å². The minimum Gasteiger partial charge on any atom is -0.495 e. The lowest BCUT2D eigenvalue weighted by atomic mass is 10.0. The predicted molar refractivity (Wildman–Crippen MR) is 251 cm³/mol. The summed E-state index contributed by atoms with van der Waals surface area (Å²) in [5.41, 5.74) is 3.31. The highest BCUT2D eigenvalue weighted by Crippen LogP contribution is 2.35. The number of unbranched alkanes of at least 4 members (excludes halogenated alkanes) is 1. The third-order valence-corrected chi connectivity index (χ3v) is 10.4. The van der Waals surface area contributed by atoms with Crippen LogP contribution in [0.15, 0.2) is 48.5 Å². The number of carbonyl (C=O) groups is 7. The number of aliphatic carboxylic acids is 1. The number of ether oxygens (including phenoxy) is 2. The summed E-state index contributed by atoms with van der Waals surface area (Å²) in [7, 11) is 3.10. The Bertz CT molecular complexity index is 1810. The van der Waals surface area contributed by atoms with Crippen LogP contribution in [0.5, 0.6) is 5.75 Å². The summed E-state index contributed by atoms with van der Waals surface area (Å²) in [4.78, 5) is 88.9. The number of methoxy groups -OCH3 is 2. The van der Waals surface area contributed by atoms with Crippen molar-refractivity contribution < 1.29 is 48.1 Å². The number of urea groups is 1. The fourth-order valence-corrected chi connectivity index (χ4v) is 7.05. The van der Waals surface area contributed by atoms with Gasteiger partial charge in [-0.3, -0.25) is 28.9 Å². The number of amides is 7. The average molecular weight is 911 g/mol. The summed E-state index contributed by atoms with van der Waals surface area (Å²) in [6.07, 6.45) is 5.61. The van der Waals surface area contributed by atoms with E-state index in [1.54, 1.807) is 23.8 Å². The van der Waals surface area contributed by atoms with Crippen LogP contribution in [0.2, 0.25) is 0 Å². The number of likely N-dealkylation sites (tertiary alicyclic amines) is 1. The summed E-state index contributed by atoms with van der Waals surface area (Å²) in [6, 6.07) is 14.8. The molecule has 0 aromatic heterocycles. The van der Waals surface area contributed by atoms with Gasteiger partial charge in [-0.15, -0.1) is 0 Å². The van der Waals surface area contributed by atoms with Crippen LogP contribution >= 0.6 is 0 Å². The molecule has 2 atom stereocenters. The highest BCUT2D eigenvalue weighted by atomic mass is 16.5. The van der Waals surface area contributed by atoms with Gasteiger partial charge in [0, 0.05) is 58.7 Å². The second-order valence-electron chi connectivity index (χ2n) is 16.6. The van der Waals surface area contributed by atoms with Gasteiger partial charge < -0.3 is 50.5 Å². The molecule has 5 N–H and O–H groups in total. The minimum absolute atomic E-state index is 0.157. The SMILES string of the molecule is CC(C)C.CCCCC(NC(=O)CNC(=O)CNC(=O)N1CCCCCC1)C(=O)NCC(=O)O.COC(=O)N1CC(C)c2ccccc21.COc1ccccc1N1CCN(C(C)=O)CC1. The topological polar surface area (TPSA) is 219 Å². The zero-order valence-electron chi connectivity index (χ0n) is 39.8. The number of carboxylic acid groups (broad SMARTS) is 1. The molecular formula is C47H74N8O10. The first-order chi connectivity index (χ1) is 31.0. The van der Waals surface area contributed by atoms with E-state index >= 15 is 0 Å². The quantitative estimate of drug-likeness (QED) is 0.181. The molecule has 65 heavy (non-hydrogen) atoms. The van der Waals surface area contributed by atoms with Crippen molar-refractivity contribution in [2.24, 2.45) is 5.92 Å². The number of fused-ring (bicyclic) bond motifs is 1. The van der Waals surface area contributed by atoms with E-state index in [0.29, 0.717) is 38.4 Å². The van der Waals surface area contributed by atoms with Crippen LogP contribution in [0, 0.1) is 5.92 Å². The molecule has 7 amide bonds. The van der Waals surface area contributed by atoms with Gasteiger partial charge in [0.1, 0.15) is 18.3 Å².